The highest BCUT2D eigenvalue weighted by Crippen LogP contribution is 2.17. The Labute approximate surface area is 447 Å². The van der Waals surface area contributed by atoms with Crippen molar-refractivity contribution in [1.29, 1.82) is 0 Å². The van der Waals surface area contributed by atoms with Gasteiger partial charge in [-0.1, -0.05) is 287 Å². The van der Waals surface area contributed by atoms with Crippen LogP contribution >= 0.6 is 0 Å². The zero-order chi connectivity index (χ0) is 52.2. The fourth-order valence-electron chi connectivity index (χ4n) is 9.06. The molecule has 72 heavy (non-hydrogen) atoms. The molecule has 0 aromatic rings. The zero-order valence-electron chi connectivity index (χ0n) is 47.9. The number of ether oxygens (including phenoxy) is 3. The van der Waals surface area contributed by atoms with E-state index in [0.29, 0.717) is 19.3 Å². The minimum Gasteiger partial charge on any atom is -0.462 e. The van der Waals surface area contributed by atoms with Crippen molar-refractivity contribution in [1.82, 2.24) is 0 Å². The van der Waals surface area contributed by atoms with E-state index in [9.17, 15) is 14.4 Å². The number of hydrogen-bond donors (Lipinski definition) is 0. The summed E-state index contributed by atoms with van der Waals surface area (Å²) in [6.07, 6.45) is 76.8. The Morgan fingerprint density at radius 1 is 0.292 bits per heavy atom. The lowest BCUT2D eigenvalue weighted by molar-refractivity contribution is -0.167. The van der Waals surface area contributed by atoms with Gasteiger partial charge in [0.2, 0.25) is 0 Å². The van der Waals surface area contributed by atoms with Crippen LogP contribution in [0.15, 0.2) is 60.8 Å². The molecule has 0 radical (unpaired) electrons. The highest BCUT2D eigenvalue weighted by atomic mass is 16.6. The second-order valence-corrected chi connectivity index (χ2v) is 20.9. The highest BCUT2D eigenvalue weighted by Gasteiger charge is 2.19. The van der Waals surface area contributed by atoms with E-state index in [-0.39, 0.29) is 31.1 Å². The van der Waals surface area contributed by atoms with E-state index in [2.05, 4.69) is 81.5 Å². The van der Waals surface area contributed by atoms with Gasteiger partial charge in [0.25, 0.3) is 0 Å². The summed E-state index contributed by atoms with van der Waals surface area (Å²) in [4.78, 5) is 38.2. The van der Waals surface area contributed by atoms with E-state index < -0.39 is 6.10 Å². The van der Waals surface area contributed by atoms with Crippen LogP contribution in [-0.4, -0.2) is 37.2 Å². The third-order valence-electron chi connectivity index (χ3n) is 13.8. The van der Waals surface area contributed by atoms with Gasteiger partial charge in [-0.2, -0.15) is 0 Å². The number of esters is 3. The normalized spacial score (nSPS) is 12.4. The molecular formula is C66H118O6. The molecule has 0 aromatic heterocycles. The molecule has 0 saturated heterocycles. The number of unbranched alkanes of at least 4 members (excludes halogenated alkanes) is 36. The molecule has 0 spiro atoms. The topological polar surface area (TPSA) is 78.9 Å². The summed E-state index contributed by atoms with van der Waals surface area (Å²) in [5.41, 5.74) is 0. The van der Waals surface area contributed by atoms with Crippen LogP contribution in [0.1, 0.15) is 323 Å². The Morgan fingerprint density at radius 2 is 0.556 bits per heavy atom. The van der Waals surface area contributed by atoms with Crippen molar-refractivity contribution in [2.75, 3.05) is 13.2 Å². The van der Waals surface area contributed by atoms with E-state index in [1.807, 2.05) is 0 Å². The predicted molar refractivity (Wildman–Crippen MR) is 312 cm³/mol. The lowest BCUT2D eigenvalue weighted by atomic mass is 10.0. The molecule has 1 atom stereocenters. The average molecular weight is 1010 g/mol. The number of allylic oxidation sites excluding steroid dienone is 10. The van der Waals surface area contributed by atoms with Gasteiger partial charge >= 0.3 is 17.9 Å². The van der Waals surface area contributed by atoms with Gasteiger partial charge in [0.15, 0.2) is 6.10 Å². The van der Waals surface area contributed by atoms with Crippen LogP contribution in [-0.2, 0) is 28.6 Å². The van der Waals surface area contributed by atoms with Crippen LogP contribution in [0.2, 0.25) is 0 Å². The quantitative estimate of drug-likeness (QED) is 0.0261. The van der Waals surface area contributed by atoms with Crippen molar-refractivity contribution in [2.45, 2.75) is 329 Å². The zero-order valence-corrected chi connectivity index (χ0v) is 47.9. The molecule has 0 aliphatic rings. The monoisotopic (exact) mass is 1010 g/mol. The lowest BCUT2D eigenvalue weighted by Crippen LogP contribution is -2.30. The first-order valence-electron chi connectivity index (χ1n) is 31.3. The van der Waals surface area contributed by atoms with Crippen molar-refractivity contribution in [3.63, 3.8) is 0 Å². The van der Waals surface area contributed by atoms with E-state index in [1.165, 1.54) is 173 Å². The number of rotatable bonds is 57. The molecule has 0 fully saturated rings. The first kappa shape index (κ1) is 69.1. The second kappa shape index (κ2) is 60.7. The molecule has 418 valence electrons. The largest absolute Gasteiger partial charge is 0.462 e. The molecule has 6 heteroatoms. The SMILES string of the molecule is CC/C=C\C/C=C\C/C=C\CCCCCC(=O)OCC(COC(=O)CCCCCCCCCCCCCCCCCCCCCCCCCCCCC)OC(=O)CCCCCCC/C=C\C/C=C\CCCC. The second-order valence-electron chi connectivity index (χ2n) is 20.9. The fraction of sp³-hybridized carbons (Fsp3) is 0.803. The highest BCUT2D eigenvalue weighted by molar-refractivity contribution is 5.71. The maximum atomic E-state index is 12.8. The number of carbonyl (C=O) groups excluding carboxylic acids is 3. The van der Waals surface area contributed by atoms with Crippen LogP contribution in [0.25, 0.3) is 0 Å². The first-order chi connectivity index (χ1) is 35.5. The van der Waals surface area contributed by atoms with Gasteiger partial charge in [0.05, 0.1) is 0 Å². The molecule has 0 N–H and O–H groups in total. The van der Waals surface area contributed by atoms with Gasteiger partial charge in [0, 0.05) is 19.3 Å². The smallest absolute Gasteiger partial charge is 0.306 e. The van der Waals surface area contributed by atoms with Crippen molar-refractivity contribution in [2.24, 2.45) is 0 Å². The Morgan fingerprint density at radius 3 is 0.903 bits per heavy atom. The lowest BCUT2D eigenvalue weighted by Gasteiger charge is -2.18. The third kappa shape index (κ3) is 58.0. The molecule has 1 unspecified atom stereocenters. The Balaban J connectivity index is 4.20. The predicted octanol–water partition coefficient (Wildman–Crippen LogP) is 21.2. The maximum absolute atomic E-state index is 12.8. The summed E-state index contributed by atoms with van der Waals surface area (Å²) in [6, 6.07) is 0. The molecule has 0 aliphatic heterocycles. The summed E-state index contributed by atoms with van der Waals surface area (Å²) < 4.78 is 16.8. The molecule has 0 aromatic carbocycles. The molecule has 0 rings (SSSR count). The molecule has 0 saturated carbocycles. The van der Waals surface area contributed by atoms with E-state index in [4.69, 9.17) is 14.2 Å². The fourth-order valence-corrected chi connectivity index (χ4v) is 9.06. The molecule has 0 aliphatic carbocycles. The summed E-state index contributed by atoms with van der Waals surface area (Å²) in [5.74, 6) is -0.918. The minimum atomic E-state index is -0.792. The first-order valence-corrected chi connectivity index (χ1v) is 31.3. The molecule has 0 amide bonds. The van der Waals surface area contributed by atoms with Gasteiger partial charge in [-0.25, -0.2) is 0 Å². The maximum Gasteiger partial charge on any atom is 0.306 e. The van der Waals surface area contributed by atoms with Gasteiger partial charge in [-0.15, -0.1) is 0 Å². The van der Waals surface area contributed by atoms with Crippen molar-refractivity contribution < 1.29 is 28.6 Å². The average Bonchev–Trinajstić information content (AvgIpc) is 3.38. The molecule has 0 heterocycles. The van der Waals surface area contributed by atoms with E-state index >= 15 is 0 Å². The summed E-state index contributed by atoms with van der Waals surface area (Å²) in [5, 5.41) is 0. The van der Waals surface area contributed by atoms with Gasteiger partial charge in [-0.05, 0) is 77.0 Å². The van der Waals surface area contributed by atoms with Crippen molar-refractivity contribution in [3.05, 3.63) is 60.8 Å². The van der Waals surface area contributed by atoms with Crippen molar-refractivity contribution in [3.8, 4) is 0 Å². The van der Waals surface area contributed by atoms with E-state index in [1.54, 1.807) is 0 Å². The molecule has 0 bridgehead atoms. The summed E-state index contributed by atoms with van der Waals surface area (Å²) in [6.45, 7) is 6.49. The summed E-state index contributed by atoms with van der Waals surface area (Å²) in [7, 11) is 0. The van der Waals surface area contributed by atoms with E-state index in [0.717, 1.165) is 109 Å². The summed E-state index contributed by atoms with van der Waals surface area (Å²) >= 11 is 0. The Hall–Kier alpha value is -2.89. The number of carbonyl (C=O) groups is 3. The third-order valence-corrected chi connectivity index (χ3v) is 13.8. The Bertz CT molecular complexity index is 1290. The van der Waals surface area contributed by atoms with Crippen LogP contribution < -0.4 is 0 Å². The van der Waals surface area contributed by atoms with Crippen LogP contribution in [0, 0.1) is 0 Å². The van der Waals surface area contributed by atoms with Crippen LogP contribution in [0.4, 0.5) is 0 Å². The molecule has 6 nitrogen and oxygen atoms in total. The van der Waals surface area contributed by atoms with Gasteiger partial charge in [-0.3, -0.25) is 14.4 Å². The van der Waals surface area contributed by atoms with Gasteiger partial charge in [0.1, 0.15) is 13.2 Å². The van der Waals surface area contributed by atoms with Crippen LogP contribution in [0.5, 0.6) is 0 Å². The Kier molecular flexibility index (Phi) is 58.2. The van der Waals surface area contributed by atoms with Gasteiger partial charge < -0.3 is 14.2 Å². The van der Waals surface area contributed by atoms with Crippen molar-refractivity contribution >= 4 is 17.9 Å². The van der Waals surface area contributed by atoms with Crippen LogP contribution in [0.3, 0.4) is 0 Å². The minimum absolute atomic E-state index is 0.0869. The number of hydrogen-bond acceptors (Lipinski definition) is 6. The molecular weight excluding hydrogens is 889 g/mol. The standard InChI is InChI=1S/C66H118O6/c1-4-7-10-13-16-19-22-25-27-28-29-30-31-32-33-34-35-36-37-38-39-42-44-47-50-53-56-59-65(68)71-62-63(61-70-64(67)58-55-52-49-46-43-40-24-21-18-15-12-9-6-3)72-66(69)60-57-54-51-48-45-41-26-23-20-17-14-11-8-5-2/h9,12,14,17-18,21,23,26,40,43,63H,4-8,10-11,13,15-16,19-20,22,24-25,27-39,41-42,44-62H2,1-3H3/b12-9-,17-14-,21-18-,26-23-,43-40-.